The van der Waals surface area contributed by atoms with Crippen molar-refractivity contribution in [3.63, 3.8) is 0 Å². The van der Waals surface area contributed by atoms with Gasteiger partial charge in [0.05, 0.1) is 33.1 Å². The molecule has 0 saturated carbocycles. The van der Waals surface area contributed by atoms with Crippen molar-refractivity contribution in [2.45, 2.75) is 12.8 Å². The van der Waals surface area contributed by atoms with Gasteiger partial charge in [-0.05, 0) is 87.7 Å². The fourth-order valence-electron chi connectivity index (χ4n) is 8.31. The van der Waals surface area contributed by atoms with Crippen LogP contribution in [-0.2, 0) is 12.8 Å². The van der Waals surface area contributed by atoms with Gasteiger partial charge in [-0.3, -0.25) is 0 Å². The molecule has 0 saturated heterocycles. The first kappa shape index (κ1) is 19.9. The summed E-state index contributed by atoms with van der Waals surface area (Å²) in [7, 11) is 0. The van der Waals surface area contributed by atoms with Crippen LogP contribution in [0.3, 0.4) is 0 Å². The van der Waals surface area contributed by atoms with Crippen LogP contribution in [0.15, 0.2) is 109 Å². The molecular weight excluding hydrogens is 484 g/mol. The largest absolute Gasteiger partial charge is 0.305 e. The Morgan fingerprint density at radius 3 is 1.90 bits per heavy atom. The van der Waals surface area contributed by atoms with Gasteiger partial charge in [-0.2, -0.15) is 0 Å². The summed E-state index contributed by atoms with van der Waals surface area (Å²) < 4.78 is 5.10. The van der Waals surface area contributed by atoms with Gasteiger partial charge in [-0.1, -0.05) is 78.9 Å². The molecule has 0 fully saturated rings. The van der Waals surface area contributed by atoms with Crippen LogP contribution < -0.4 is 0 Å². The number of rotatable bonds is 0. The van der Waals surface area contributed by atoms with E-state index >= 15 is 0 Å². The Bertz CT molecular complexity index is 2580. The van der Waals surface area contributed by atoms with Crippen molar-refractivity contribution in [2.75, 3.05) is 0 Å². The molecule has 0 radical (unpaired) electrons. The Labute approximate surface area is 229 Å². The summed E-state index contributed by atoms with van der Waals surface area (Å²) in [5.41, 5.74) is 19.2. The molecule has 0 amide bonds. The summed E-state index contributed by atoms with van der Waals surface area (Å²) in [6.45, 7) is 0. The molecular formula is C38H22N2. The van der Waals surface area contributed by atoms with E-state index in [1.807, 2.05) is 0 Å². The standard InChI is InChI=1S/C38H22N2/c1-4-10-25-21(7-1)17-23-19-35-30(20-29(23)25)27-11-5-13-33-37(27)40(35)34-14-6-12-28-36-31-18-22-8-2-3-9-24(22)26(31)15-16-32(36)39(33)38(28)34/h1-16,19-20H,17-18H2. The minimum Gasteiger partial charge on any atom is -0.305 e. The van der Waals surface area contributed by atoms with Crippen LogP contribution in [0.4, 0.5) is 0 Å². The third-order valence-corrected chi connectivity index (χ3v) is 9.88. The molecule has 2 nitrogen and oxygen atoms in total. The van der Waals surface area contributed by atoms with Gasteiger partial charge in [0.1, 0.15) is 0 Å². The van der Waals surface area contributed by atoms with Gasteiger partial charge in [0.2, 0.25) is 0 Å². The van der Waals surface area contributed by atoms with Crippen LogP contribution in [0.2, 0.25) is 0 Å². The lowest BCUT2D eigenvalue weighted by atomic mass is 10.0. The van der Waals surface area contributed by atoms with Gasteiger partial charge < -0.3 is 8.80 Å². The molecule has 0 atom stereocenters. The van der Waals surface area contributed by atoms with Crippen molar-refractivity contribution in [3.05, 3.63) is 131 Å². The van der Waals surface area contributed by atoms with E-state index in [1.165, 1.54) is 99.2 Å². The van der Waals surface area contributed by atoms with Crippen molar-refractivity contribution >= 4 is 54.6 Å². The number of hydrogen-bond donors (Lipinski definition) is 0. The molecule has 6 aromatic carbocycles. The van der Waals surface area contributed by atoms with E-state index in [-0.39, 0.29) is 0 Å². The number of benzene rings is 6. The van der Waals surface area contributed by atoms with Gasteiger partial charge in [-0.25, -0.2) is 0 Å². The molecule has 0 aliphatic heterocycles. The van der Waals surface area contributed by atoms with Crippen LogP contribution in [0.25, 0.3) is 76.9 Å². The molecule has 3 aromatic heterocycles. The number of para-hydroxylation sites is 2. The number of hydrogen-bond acceptors (Lipinski definition) is 0. The predicted octanol–water partition coefficient (Wildman–Crippen LogP) is 9.38. The second-order valence-electron chi connectivity index (χ2n) is 11.7. The van der Waals surface area contributed by atoms with Crippen LogP contribution in [0.5, 0.6) is 0 Å². The lowest BCUT2D eigenvalue weighted by Crippen LogP contribution is -1.97. The number of fused-ring (bicyclic) bond motifs is 15. The average molecular weight is 507 g/mol. The van der Waals surface area contributed by atoms with Gasteiger partial charge >= 0.3 is 0 Å². The highest BCUT2D eigenvalue weighted by Crippen LogP contribution is 2.47. The zero-order valence-electron chi connectivity index (χ0n) is 21.7. The predicted molar refractivity (Wildman–Crippen MR) is 166 cm³/mol. The molecule has 40 heavy (non-hydrogen) atoms. The lowest BCUT2D eigenvalue weighted by Gasteiger charge is -2.11. The highest BCUT2D eigenvalue weighted by molar-refractivity contribution is 6.23. The van der Waals surface area contributed by atoms with Crippen molar-refractivity contribution in [1.29, 1.82) is 0 Å². The second kappa shape index (κ2) is 6.55. The van der Waals surface area contributed by atoms with Crippen molar-refractivity contribution in [1.82, 2.24) is 8.80 Å². The maximum Gasteiger partial charge on any atom is 0.0783 e. The first-order chi connectivity index (χ1) is 19.8. The topological polar surface area (TPSA) is 8.82 Å². The van der Waals surface area contributed by atoms with Gasteiger partial charge in [0.25, 0.3) is 0 Å². The normalized spacial score (nSPS) is 13.8. The third-order valence-electron chi connectivity index (χ3n) is 9.88. The summed E-state index contributed by atoms with van der Waals surface area (Å²) in [5.74, 6) is 0. The second-order valence-corrected chi connectivity index (χ2v) is 11.7. The molecule has 0 spiro atoms. The van der Waals surface area contributed by atoms with Crippen molar-refractivity contribution in [2.24, 2.45) is 0 Å². The van der Waals surface area contributed by atoms with Crippen LogP contribution in [0.1, 0.15) is 22.3 Å². The fraction of sp³-hybridized carbons (Fsp3) is 0.0526. The number of nitrogens with zero attached hydrogens (tertiary/aromatic N) is 2. The summed E-state index contributed by atoms with van der Waals surface area (Å²) >= 11 is 0. The van der Waals surface area contributed by atoms with Gasteiger partial charge in [0, 0.05) is 21.5 Å². The molecule has 0 bridgehead atoms. The van der Waals surface area contributed by atoms with Crippen molar-refractivity contribution < 1.29 is 0 Å². The van der Waals surface area contributed by atoms with E-state index in [2.05, 4.69) is 118 Å². The van der Waals surface area contributed by atoms with Crippen LogP contribution in [-0.4, -0.2) is 8.80 Å². The molecule has 11 rings (SSSR count). The zero-order chi connectivity index (χ0) is 25.7. The number of aromatic nitrogens is 2. The molecule has 184 valence electrons. The molecule has 0 unspecified atom stereocenters. The first-order valence-electron chi connectivity index (χ1n) is 14.2. The van der Waals surface area contributed by atoms with Crippen molar-refractivity contribution in [3.8, 4) is 22.3 Å². The Kier molecular flexibility index (Phi) is 3.26. The van der Waals surface area contributed by atoms with Gasteiger partial charge in [-0.15, -0.1) is 0 Å². The first-order valence-corrected chi connectivity index (χ1v) is 14.2. The fourth-order valence-corrected chi connectivity index (χ4v) is 8.31. The molecule has 3 heterocycles. The average Bonchev–Trinajstić information content (AvgIpc) is 3.73. The summed E-state index contributed by atoms with van der Waals surface area (Å²) in [6, 6.07) is 41.3. The minimum atomic E-state index is 0.998. The van der Waals surface area contributed by atoms with E-state index in [0.29, 0.717) is 0 Å². The quantitative estimate of drug-likeness (QED) is 0.181. The molecule has 2 heteroatoms. The maximum atomic E-state index is 2.56. The smallest absolute Gasteiger partial charge is 0.0783 e. The Morgan fingerprint density at radius 2 is 1.07 bits per heavy atom. The SMILES string of the molecule is c1ccc2c(c1)Cc1cc3c(cc1-2)c1cccc2c1n3c1cccc3c4c5c(ccc4n2c31)-c1ccccc1C5. The summed E-state index contributed by atoms with van der Waals surface area (Å²) in [6.07, 6.45) is 2.01. The Balaban J connectivity index is 1.35. The molecule has 9 aromatic rings. The molecule has 2 aliphatic carbocycles. The maximum absolute atomic E-state index is 2.56. The highest BCUT2D eigenvalue weighted by atomic mass is 15.0. The van der Waals surface area contributed by atoms with Gasteiger partial charge in [0.15, 0.2) is 0 Å². The zero-order valence-corrected chi connectivity index (χ0v) is 21.7. The minimum absolute atomic E-state index is 0.998. The molecule has 0 N–H and O–H groups in total. The van der Waals surface area contributed by atoms with E-state index in [9.17, 15) is 0 Å². The van der Waals surface area contributed by atoms with E-state index < -0.39 is 0 Å². The van der Waals surface area contributed by atoms with Crippen LogP contribution >= 0.6 is 0 Å². The Morgan fingerprint density at radius 1 is 0.400 bits per heavy atom. The van der Waals surface area contributed by atoms with Crippen LogP contribution in [0, 0.1) is 0 Å². The van der Waals surface area contributed by atoms with E-state index in [0.717, 1.165) is 12.8 Å². The Hall–Kier alpha value is -5.08. The third kappa shape index (κ3) is 2.12. The van der Waals surface area contributed by atoms with E-state index in [4.69, 9.17) is 0 Å². The molecule has 2 aliphatic rings. The summed E-state index contributed by atoms with van der Waals surface area (Å²) in [5, 5.41) is 5.44. The monoisotopic (exact) mass is 506 g/mol. The lowest BCUT2D eigenvalue weighted by molar-refractivity contribution is 1.24. The highest BCUT2D eigenvalue weighted by Gasteiger charge is 2.27. The van der Waals surface area contributed by atoms with E-state index in [1.54, 1.807) is 0 Å². The summed E-state index contributed by atoms with van der Waals surface area (Å²) in [4.78, 5) is 0.